The number of rotatable bonds is 4. The van der Waals surface area contributed by atoms with Crippen molar-refractivity contribution in [2.45, 2.75) is 0 Å². The number of aromatic nitrogens is 2. The lowest BCUT2D eigenvalue weighted by Gasteiger charge is -2.04. The van der Waals surface area contributed by atoms with Crippen LogP contribution in [0.4, 0.5) is 4.39 Å². The highest BCUT2D eigenvalue weighted by Gasteiger charge is 2.09. The van der Waals surface area contributed by atoms with Gasteiger partial charge in [0, 0.05) is 16.7 Å². The molecule has 5 nitrogen and oxygen atoms in total. The molecule has 0 aliphatic carbocycles. The van der Waals surface area contributed by atoms with Crippen LogP contribution in [0, 0.1) is 5.82 Å². The highest BCUT2D eigenvalue weighted by molar-refractivity contribution is 6.07. The normalized spacial score (nSPS) is 11.1. The predicted molar refractivity (Wildman–Crippen MR) is 103 cm³/mol. The maximum atomic E-state index is 13.1. The van der Waals surface area contributed by atoms with E-state index in [2.05, 4.69) is 20.7 Å². The van der Waals surface area contributed by atoms with E-state index < -0.39 is 0 Å². The fourth-order valence-corrected chi connectivity index (χ4v) is 2.89. The Kier molecular flexibility index (Phi) is 4.45. The zero-order chi connectivity index (χ0) is 18.6. The molecule has 4 rings (SSSR count). The van der Waals surface area contributed by atoms with Crippen molar-refractivity contribution in [3.8, 4) is 11.3 Å². The summed E-state index contributed by atoms with van der Waals surface area (Å²) >= 11 is 0. The predicted octanol–water partition coefficient (Wildman–Crippen LogP) is 4.13. The second kappa shape index (κ2) is 7.21. The number of hydrazone groups is 1. The molecule has 0 spiro atoms. The van der Waals surface area contributed by atoms with Crippen molar-refractivity contribution >= 4 is 22.9 Å². The molecule has 2 N–H and O–H groups in total. The van der Waals surface area contributed by atoms with Gasteiger partial charge in [0.05, 0.1) is 18.1 Å². The van der Waals surface area contributed by atoms with Crippen LogP contribution in [0.15, 0.2) is 78.0 Å². The van der Waals surface area contributed by atoms with Gasteiger partial charge in [-0.25, -0.2) is 9.82 Å². The molecule has 0 fully saturated rings. The summed E-state index contributed by atoms with van der Waals surface area (Å²) < 4.78 is 13.1. The Morgan fingerprint density at radius 2 is 1.81 bits per heavy atom. The number of hydrogen-bond donors (Lipinski definition) is 2. The van der Waals surface area contributed by atoms with E-state index in [1.807, 2.05) is 36.4 Å². The molecular formula is C21H15FN4O. The first-order valence-electron chi connectivity index (χ1n) is 8.33. The molecule has 0 unspecified atom stereocenters. The molecule has 132 valence electrons. The molecule has 1 aromatic heterocycles. The molecule has 0 saturated carbocycles. The summed E-state index contributed by atoms with van der Waals surface area (Å²) in [5, 5.41) is 12.7. The van der Waals surface area contributed by atoms with Gasteiger partial charge in [0.2, 0.25) is 0 Å². The van der Waals surface area contributed by atoms with Crippen molar-refractivity contribution < 1.29 is 9.18 Å². The third-order valence-corrected chi connectivity index (χ3v) is 4.21. The minimum atomic E-state index is -0.309. The Balaban J connectivity index is 1.54. The van der Waals surface area contributed by atoms with Crippen molar-refractivity contribution in [2.24, 2.45) is 5.10 Å². The van der Waals surface area contributed by atoms with Crippen LogP contribution in [0.5, 0.6) is 0 Å². The monoisotopic (exact) mass is 358 g/mol. The molecule has 1 heterocycles. The molecule has 4 aromatic rings. The van der Waals surface area contributed by atoms with Gasteiger partial charge in [-0.3, -0.25) is 9.89 Å². The van der Waals surface area contributed by atoms with Gasteiger partial charge in [0.25, 0.3) is 5.91 Å². The zero-order valence-electron chi connectivity index (χ0n) is 14.2. The van der Waals surface area contributed by atoms with Gasteiger partial charge < -0.3 is 0 Å². The van der Waals surface area contributed by atoms with Crippen LogP contribution in [0.25, 0.3) is 22.0 Å². The molecule has 0 aliphatic heterocycles. The Hall–Kier alpha value is -3.80. The van der Waals surface area contributed by atoms with Crippen molar-refractivity contribution in [2.75, 3.05) is 0 Å². The van der Waals surface area contributed by atoms with E-state index in [4.69, 9.17) is 0 Å². The maximum Gasteiger partial charge on any atom is 0.271 e. The average molecular weight is 358 g/mol. The first-order valence-corrected chi connectivity index (χ1v) is 8.33. The lowest BCUT2D eigenvalue weighted by atomic mass is 10.0. The van der Waals surface area contributed by atoms with Crippen molar-refractivity contribution in [1.29, 1.82) is 0 Å². The fourth-order valence-electron chi connectivity index (χ4n) is 2.89. The third-order valence-electron chi connectivity index (χ3n) is 4.21. The zero-order valence-corrected chi connectivity index (χ0v) is 14.2. The molecule has 0 aliphatic rings. The molecular weight excluding hydrogens is 343 g/mol. The Morgan fingerprint density at radius 3 is 2.67 bits per heavy atom. The lowest BCUT2D eigenvalue weighted by Crippen LogP contribution is -2.17. The number of nitrogens with one attached hydrogen (secondary N) is 2. The number of amides is 1. The van der Waals surface area contributed by atoms with Crippen LogP contribution in [0.3, 0.4) is 0 Å². The molecule has 6 heteroatoms. The second-order valence-corrected chi connectivity index (χ2v) is 5.93. The summed E-state index contributed by atoms with van der Waals surface area (Å²) in [7, 11) is 0. The number of nitrogens with zero attached hydrogens (tertiary/aromatic N) is 2. The number of hydrogen-bond acceptors (Lipinski definition) is 3. The number of carbonyl (C=O) groups excluding carboxylic acids is 1. The van der Waals surface area contributed by atoms with Crippen LogP contribution in [0.2, 0.25) is 0 Å². The Labute approximate surface area is 154 Å². The number of fused-ring (bicyclic) bond motifs is 1. The summed E-state index contributed by atoms with van der Waals surface area (Å²) in [6, 6.07) is 19.3. The van der Waals surface area contributed by atoms with Crippen molar-refractivity contribution in [3.63, 3.8) is 0 Å². The maximum absolute atomic E-state index is 13.1. The molecule has 0 bridgehead atoms. The quantitative estimate of drug-likeness (QED) is 0.425. The van der Waals surface area contributed by atoms with E-state index in [1.54, 1.807) is 24.4 Å². The van der Waals surface area contributed by atoms with Crippen LogP contribution in [0.1, 0.15) is 15.9 Å². The Morgan fingerprint density at radius 1 is 1.04 bits per heavy atom. The standard InChI is InChI=1S/C21H15FN4O/c22-17-10-8-15(9-11-17)20-16(12-23-25-20)13-24-26-21(27)19-7-3-5-14-4-1-2-6-18(14)19/h1-13H,(H,23,25)(H,26,27)/b24-13+. The van der Waals surface area contributed by atoms with Crippen molar-refractivity contribution in [3.05, 3.63) is 89.9 Å². The molecule has 27 heavy (non-hydrogen) atoms. The highest BCUT2D eigenvalue weighted by Crippen LogP contribution is 2.20. The molecule has 0 saturated heterocycles. The minimum Gasteiger partial charge on any atom is -0.277 e. The average Bonchev–Trinajstić information content (AvgIpc) is 3.16. The van der Waals surface area contributed by atoms with Crippen LogP contribution in [-0.2, 0) is 0 Å². The summed E-state index contributed by atoms with van der Waals surface area (Å²) in [4.78, 5) is 12.5. The van der Waals surface area contributed by atoms with E-state index in [0.717, 1.165) is 16.3 Å². The van der Waals surface area contributed by atoms with Gasteiger partial charge in [-0.1, -0.05) is 36.4 Å². The van der Waals surface area contributed by atoms with Gasteiger partial charge >= 0.3 is 0 Å². The number of H-pyrrole nitrogens is 1. The fraction of sp³-hybridized carbons (Fsp3) is 0. The smallest absolute Gasteiger partial charge is 0.271 e. The van der Waals surface area contributed by atoms with Gasteiger partial charge in [0.15, 0.2) is 0 Å². The van der Waals surface area contributed by atoms with Crippen molar-refractivity contribution in [1.82, 2.24) is 15.6 Å². The molecule has 1 amide bonds. The molecule has 3 aromatic carbocycles. The van der Waals surface area contributed by atoms with Gasteiger partial charge in [0.1, 0.15) is 5.82 Å². The summed E-state index contributed by atoms with van der Waals surface area (Å²) in [6.07, 6.45) is 3.09. The number of carbonyl (C=O) groups is 1. The largest absolute Gasteiger partial charge is 0.277 e. The van der Waals surface area contributed by atoms with Crippen LogP contribution in [-0.4, -0.2) is 22.3 Å². The summed E-state index contributed by atoms with van der Waals surface area (Å²) in [6.45, 7) is 0. The number of aromatic amines is 1. The second-order valence-electron chi connectivity index (χ2n) is 5.93. The number of halogens is 1. The summed E-state index contributed by atoms with van der Waals surface area (Å²) in [5.41, 5.74) is 5.25. The SMILES string of the molecule is O=C(N/N=C/c1cn[nH]c1-c1ccc(F)cc1)c1cccc2ccccc12. The van der Waals surface area contributed by atoms with Gasteiger partial charge in [-0.15, -0.1) is 0 Å². The third kappa shape index (κ3) is 3.46. The first-order chi connectivity index (χ1) is 13.2. The van der Waals surface area contributed by atoms with E-state index >= 15 is 0 Å². The van der Waals surface area contributed by atoms with E-state index in [1.165, 1.54) is 18.3 Å². The summed E-state index contributed by atoms with van der Waals surface area (Å²) in [5.74, 6) is -0.606. The first kappa shape index (κ1) is 16.7. The van der Waals surface area contributed by atoms with E-state index in [-0.39, 0.29) is 11.7 Å². The Bertz CT molecular complexity index is 1130. The van der Waals surface area contributed by atoms with E-state index in [0.29, 0.717) is 16.8 Å². The van der Waals surface area contributed by atoms with E-state index in [9.17, 15) is 9.18 Å². The lowest BCUT2D eigenvalue weighted by molar-refractivity contribution is 0.0957. The topological polar surface area (TPSA) is 70.1 Å². The van der Waals surface area contributed by atoms with Gasteiger partial charge in [-0.05, 0) is 41.1 Å². The minimum absolute atomic E-state index is 0.296. The highest BCUT2D eigenvalue weighted by atomic mass is 19.1. The van der Waals surface area contributed by atoms with Crippen LogP contribution >= 0.6 is 0 Å². The molecule has 0 atom stereocenters. The van der Waals surface area contributed by atoms with Crippen LogP contribution < -0.4 is 5.43 Å². The van der Waals surface area contributed by atoms with Gasteiger partial charge in [-0.2, -0.15) is 10.2 Å². The molecule has 0 radical (unpaired) electrons. The number of benzene rings is 3.